The molecule has 1 amide bonds. The van der Waals surface area contributed by atoms with E-state index in [9.17, 15) is 4.79 Å². The van der Waals surface area contributed by atoms with Crippen molar-refractivity contribution in [1.29, 1.82) is 0 Å². The number of anilines is 1. The number of hydrogen-bond donors (Lipinski definition) is 0. The number of aryl methyl sites for hydroxylation is 2. The maximum atomic E-state index is 13.2. The van der Waals surface area contributed by atoms with Crippen molar-refractivity contribution in [2.24, 2.45) is 0 Å². The van der Waals surface area contributed by atoms with Gasteiger partial charge in [0.2, 0.25) is 0 Å². The lowest BCUT2D eigenvalue weighted by molar-refractivity contribution is 0.0983. The Balaban J connectivity index is 1.80. The molecule has 2 heterocycles. The molecule has 6 heteroatoms. The van der Waals surface area contributed by atoms with E-state index >= 15 is 0 Å². The molecule has 27 heavy (non-hydrogen) atoms. The number of halogens is 1. The van der Waals surface area contributed by atoms with Gasteiger partial charge in [-0.1, -0.05) is 35.1 Å². The lowest BCUT2D eigenvalue weighted by Gasteiger charge is -2.19. The Morgan fingerprint density at radius 2 is 2.04 bits per heavy atom. The van der Waals surface area contributed by atoms with E-state index in [0.717, 1.165) is 15.8 Å². The quantitative estimate of drug-likeness (QED) is 0.424. The summed E-state index contributed by atoms with van der Waals surface area (Å²) in [7, 11) is 0. The summed E-state index contributed by atoms with van der Waals surface area (Å²) < 4.78 is 6.53. The van der Waals surface area contributed by atoms with Crippen molar-refractivity contribution in [2.45, 2.75) is 20.4 Å². The lowest BCUT2D eigenvalue weighted by atomic mass is 10.1. The Kier molecular flexibility index (Phi) is 4.72. The first kappa shape index (κ1) is 17.8. The summed E-state index contributed by atoms with van der Waals surface area (Å²) in [5, 5.41) is 1.16. The van der Waals surface area contributed by atoms with E-state index in [1.165, 1.54) is 16.9 Å². The number of carbonyl (C=O) groups is 1. The Bertz CT molecular complexity index is 1120. The zero-order valence-corrected chi connectivity index (χ0v) is 16.5. The number of aromatic nitrogens is 1. The Morgan fingerprint density at radius 3 is 2.78 bits per heavy atom. The van der Waals surface area contributed by atoms with Crippen LogP contribution in [0.15, 0.2) is 59.2 Å². The average molecular weight is 397 g/mol. The maximum absolute atomic E-state index is 13.2. The highest BCUT2D eigenvalue weighted by atomic mass is 35.5. The first-order valence-electron chi connectivity index (χ1n) is 8.49. The molecule has 4 nitrogen and oxygen atoms in total. The summed E-state index contributed by atoms with van der Waals surface area (Å²) in [4.78, 5) is 19.6. The van der Waals surface area contributed by atoms with Crippen molar-refractivity contribution < 1.29 is 9.21 Å². The standard InChI is InChI=1S/C21H17ClN2O2S/c1-13-9-14(2)19-18(10-13)27-21(23-19)24(12-17-7-4-8-26-17)20(25)15-5-3-6-16(22)11-15/h3-11H,12H2,1-2H3. The van der Waals surface area contributed by atoms with Crippen LogP contribution in [-0.4, -0.2) is 10.9 Å². The SMILES string of the molecule is Cc1cc(C)c2nc(N(Cc3ccco3)C(=O)c3cccc(Cl)c3)sc2c1. The molecule has 0 saturated carbocycles. The van der Waals surface area contributed by atoms with Crippen LogP contribution in [0.3, 0.4) is 0 Å². The summed E-state index contributed by atoms with van der Waals surface area (Å²) in [6.07, 6.45) is 1.60. The zero-order valence-electron chi connectivity index (χ0n) is 14.9. The molecular weight excluding hydrogens is 380 g/mol. The number of carbonyl (C=O) groups excluding carboxylic acids is 1. The first-order chi connectivity index (χ1) is 13.0. The van der Waals surface area contributed by atoms with Gasteiger partial charge in [0.15, 0.2) is 5.13 Å². The average Bonchev–Trinajstić information content (AvgIpc) is 3.28. The van der Waals surface area contributed by atoms with E-state index in [1.54, 1.807) is 35.4 Å². The molecule has 136 valence electrons. The molecule has 0 aliphatic carbocycles. The van der Waals surface area contributed by atoms with Gasteiger partial charge in [0, 0.05) is 10.6 Å². The van der Waals surface area contributed by atoms with Gasteiger partial charge in [0.1, 0.15) is 5.76 Å². The number of rotatable bonds is 4. The minimum absolute atomic E-state index is 0.165. The number of amides is 1. The third-order valence-corrected chi connectivity index (χ3v) is 5.52. The molecule has 0 atom stereocenters. The van der Waals surface area contributed by atoms with Gasteiger partial charge in [-0.15, -0.1) is 0 Å². The first-order valence-corrected chi connectivity index (χ1v) is 9.68. The molecule has 0 aliphatic rings. The van der Waals surface area contributed by atoms with Gasteiger partial charge < -0.3 is 4.42 Å². The number of hydrogen-bond acceptors (Lipinski definition) is 4. The third-order valence-electron chi connectivity index (χ3n) is 4.26. The van der Waals surface area contributed by atoms with Crippen molar-refractivity contribution in [3.05, 3.63) is 82.3 Å². The molecule has 0 radical (unpaired) electrons. The smallest absolute Gasteiger partial charge is 0.260 e. The number of thiazole rings is 1. The molecule has 2 aromatic carbocycles. The topological polar surface area (TPSA) is 46.3 Å². The minimum atomic E-state index is -0.165. The summed E-state index contributed by atoms with van der Waals surface area (Å²) in [6.45, 7) is 4.40. The summed E-state index contributed by atoms with van der Waals surface area (Å²) >= 11 is 7.58. The van der Waals surface area contributed by atoms with E-state index < -0.39 is 0 Å². The molecule has 4 rings (SSSR count). The highest BCUT2D eigenvalue weighted by Gasteiger charge is 2.23. The molecular formula is C21H17ClN2O2S. The van der Waals surface area contributed by atoms with Crippen molar-refractivity contribution >= 4 is 44.2 Å². The fraction of sp³-hybridized carbons (Fsp3) is 0.143. The van der Waals surface area contributed by atoms with E-state index in [1.807, 2.05) is 19.1 Å². The molecule has 0 spiro atoms. The van der Waals surface area contributed by atoms with Crippen LogP contribution >= 0.6 is 22.9 Å². The van der Waals surface area contributed by atoms with E-state index in [4.69, 9.17) is 21.0 Å². The molecule has 4 aromatic rings. The fourth-order valence-corrected chi connectivity index (χ4v) is 4.37. The maximum Gasteiger partial charge on any atom is 0.260 e. The Labute approximate surface area is 166 Å². The highest BCUT2D eigenvalue weighted by Crippen LogP contribution is 2.33. The van der Waals surface area contributed by atoms with Crippen LogP contribution in [0.1, 0.15) is 27.2 Å². The van der Waals surface area contributed by atoms with Crippen LogP contribution in [-0.2, 0) is 6.54 Å². The normalized spacial score (nSPS) is 11.1. The zero-order chi connectivity index (χ0) is 19.0. The van der Waals surface area contributed by atoms with Crippen LogP contribution in [0.4, 0.5) is 5.13 Å². The van der Waals surface area contributed by atoms with Gasteiger partial charge in [0.05, 0.1) is 23.0 Å². The molecule has 0 bridgehead atoms. The van der Waals surface area contributed by atoms with Gasteiger partial charge in [-0.2, -0.15) is 0 Å². The van der Waals surface area contributed by atoms with Crippen LogP contribution in [0, 0.1) is 13.8 Å². The predicted octanol–water partition coefficient (Wildman–Crippen LogP) is 6.01. The third kappa shape index (κ3) is 3.61. The monoisotopic (exact) mass is 396 g/mol. The number of nitrogens with zero attached hydrogens (tertiary/aromatic N) is 2. The summed E-state index contributed by atoms with van der Waals surface area (Å²) in [5.41, 5.74) is 3.71. The number of benzene rings is 2. The molecule has 0 unspecified atom stereocenters. The fourth-order valence-electron chi connectivity index (χ4n) is 3.04. The van der Waals surface area contributed by atoms with Gasteiger partial charge in [-0.3, -0.25) is 9.69 Å². The summed E-state index contributed by atoms with van der Waals surface area (Å²) in [6, 6.07) is 14.8. The molecule has 2 aromatic heterocycles. The molecule has 0 fully saturated rings. The van der Waals surface area contributed by atoms with E-state index in [2.05, 4.69) is 19.1 Å². The van der Waals surface area contributed by atoms with Crippen molar-refractivity contribution in [3.63, 3.8) is 0 Å². The van der Waals surface area contributed by atoms with Gasteiger partial charge in [-0.25, -0.2) is 4.98 Å². The largest absolute Gasteiger partial charge is 0.467 e. The van der Waals surface area contributed by atoms with Crippen molar-refractivity contribution in [3.8, 4) is 0 Å². The highest BCUT2D eigenvalue weighted by molar-refractivity contribution is 7.22. The second-order valence-electron chi connectivity index (χ2n) is 6.41. The van der Waals surface area contributed by atoms with Crippen LogP contribution in [0.5, 0.6) is 0 Å². The lowest BCUT2D eigenvalue weighted by Crippen LogP contribution is -2.30. The van der Waals surface area contributed by atoms with Crippen molar-refractivity contribution in [2.75, 3.05) is 4.90 Å². The van der Waals surface area contributed by atoms with Crippen LogP contribution in [0.25, 0.3) is 10.2 Å². The summed E-state index contributed by atoms with van der Waals surface area (Å²) in [5.74, 6) is 0.528. The molecule has 0 aliphatic heterocycles. The van der Waals surface area contributed by atoms with Gasteiger partial charge in [0.25, 0.3) is 5.91 Å². The number of furan rings is 1. The predicted molar refractivity (Wildman–Crippen MR) is 110 cm³/mol. The van der Waals surface area contributed by atoms with Crippen LogP contribution < -0.4 is 4.90 Å². The molecule has 0 saturated heterocycles. The number of fused-ring (bicyclic) bond motifs is 1. The Hall–Kier alpha value is -2.63. The van der Waals surface area contributed by atoms with E-state index in [0.29, 0.717) is 28.0 Å². The minimum Gasteiger partial charge on any atom is -0.467 e. The van der Waals surface area contributed by atoms with Gasteiger partial charge in [-0.05, 0) is 61.4 Å². The van der Waals surface area contributed by atoms with E-state index in [-0.39, 0.29) is 5.91 Å². The second-order valence-corrected chi connectivity index (χ2v) is 7.85. The van der Waals surface area contributed by atoms with Crippen molar-refractivity contribution in [1.82, 2.24) is 4.98 Å². The van der Waals surface area contributed by atoms with Gasteiger partial charge >= 0.3 is 0 Å². The Morgan fingerprint density at radius 1 is 1.19 bits per heavy atom. The van der Waals surface area contributed by atoms with Crippen LogP contribution in [0.2, 0.25) is 5.02 Å². The second kappa shape index (κ2) is 7.18. The molecule has 0 N–H and O–H groups in total.